The van der Waals surface area contributed by atoms with Crippen molar-refractivity contribution in [1.29, 1.82) is 0 Å². The van der Waals surface area contributed by atoms with Gasteiger partial charge in [0.25, 0.3) is 0 Å². The van der Waals surface area contributed by atoms with E-state index in [9.17, 15) is 0 Å². The number of fused-ring (bicyclic) bond motifs is 1. The van der Waals surface area contributed by atoms with Gasteiger partial charge in [-0.05, 0) is 31.0 Å². The minimum absolute atomic E-state index is 0.272. The Morgan fingerprint density at radius 3 is 3.12 bits per heavy atom. The number of nitrogens with one attached hydrogen (secondary N) is 2. The van der Waals surface area contributed by atoms with Crippen LogP contribution >= 0.6 is 0 Å². The molecule has 0 aromatic heterocycles. The van der Waals surface area contributed by atoms with Crippen LogP contribution in [0.25, 0.3) is 0 Å². The zero-order valence-electron chi connectivity index (χ0n) is 10.7. The topological polar surface area (TPSA) is 33.3 Å². The molecule has 3 heteroatoms. The third-order valence-corrected chi connectivity index (χ3v) is 3.40. The first kappa shape index (κ1) is 12.6. The summed E-state index contributed by atoms with van der Waals surface area (Å²) in [5, 5.41) is 7.02. The van der Waals surface area contributed by atoms with Crippen molar-refractivity contribution in [3.8, 4) is 0 Å². The molecule has 1 heterocycles. The Labute approximate surface area is 104 Å². The van der Waals surface area contributed by atoms with Crippen molar-refractivity contribution in [2.75, 3.05) is 26.7 Å². The summed E-state index contributed by atoms with van der Waals surface area (Å²) in [7, 11) is 1.75. The number of rotatable bonds is 5. The molecule has 2 rings (SSSR count). The van der Waals surface area contributed by atoms with Gasteiger partial charge in [0.1, 0.15) is 0 Å². The molecule has 0 saturated heterocycles. The molecule has 1 aromatic carbocycles. The molecular weight excluding hydrogens is 212 g/mol. The van der Waals surface area contributed by atoms with Crippen molar-refractivity contribution in [3.63, 3.8) is 0 Å². The van der Waals surface area contributed by atoms with Gasteiger partial charge in [0.15, 0.2) is 0 Å². The number of benzene rings is 1. The Kier molecular flexibility index (Phi) is 4.54. The molecule has 1 aliphatic rings. The van der Waals surface area contributed by atoms with Gasteiger partial charge in [0.05, 0.1) is 6.10 Å². The molecule has 0 bridgehead atoms. The summed E-state index contributed by atoms with van der Waals surface area (Å²) >= 11 is 0. The van der Waals surface area contributed by atoms with Gasteiger partial charge in [-0.25, -0.2) is 0 Å². The van der Waals surface area contributed by atoms with Gasteiger partial charge in [-0.2, -0.15) is 0 Å². The summed E-state index contributed by atoms with van der Waals surface area (Å²) in [6, 6.07) is 9.15. The Morgan fingerprint density at radius 1 is 1.47 bits per heavy atom. The molecular formula is C14H22N2O. The molecule has 0 saturated carbocycles. The van der Waals surface area contributed by atoms with Crippen LogP contribution in [0.15, 0.2) is 24.3 Å². The van der Waals surface area contributed by atoms with E-state index in [4.69, 9.17) is 4.74 Å². The number of ether oxygens (including phenoxy) is 1. The maximum atomic E-state index is 5.23. The average molecular weight is 234 g/mol. The fraction of sp³-hybridized carbons (Fsp3) is 0.571. The summed E-state index contributed by atoms with van der Waals surface area (Å²) in [5.41, 5.74) is 2.93. The molecule has 94 valence electrons. The van der Waals surface area contributed by atoms with Gasteiger partial charge >= 0.3 is 0 Å². The number of hydrogen-bond acceptors (Lipinski definition) is 3. The van der Waals surface area contributed by atoms with E-state index in [-0.39, 0.29) is 6.10 Å². The molecule has 1 aromatic rings. The normalized spacial score (nSPS) is 20.9. The Hall–Kier alpha value is -0.900. The third-order valence-electron chi connectivity index (χ3n) is 3.40. The zero-order chi connectivity index (χ0) is 12.1. The molecule has 0 spiro atoms. The van der Waals surface area contributed by atoms with Gasteiger partial charge in [-0.1, -0.05) is 24.3 Å². The predicted molar refractivity (Wildman–Crippen MR) is 70.2 cm³/mol. The quantitative estimate of drug-likeness (QED) is 0.810. The van der Waals surface area contributed by atoms with Crippen molar-refractivity contribution >= 4 is 0 Å². The van der Waals surface area contributed by atoms with Crippen molar-refractivity contribution < 1.29 is 4.74 Å². The van der Waals surface area contributed by atoms with E-state index in [2.05, 4.69) is 41.8 Å². The minimum atomic E-state index is 0.272. The minimum Gasteiger partial charge on any atom is -0.380 e. The Balaban J connectivity index is 1.90. The lowest BCUT2D eigenvalue weighted by Gasteiger charge is -2.27. The highest BCUT2D eigenvalue weighted by molar-refractivity contribution is 5.32. The first-order valence-electron chi connectivity index (χ1n) is 6.36. The van der Waals surface area contributed by atoms with Crippen LogP contribution in [0.4, 0.5) is 0 Å². The molecule has 17 heavy (non-hydrogen) atoms. The van der Waals surface area contributed by atoms with E-state index in [0.29, 0.717) is 6.04 Å². The van der Waals surface area contributed by atoms with Gasteiger partial charge in [0, 0.05) is 26.2 Å². The highest BCUT2D eigenvalue weighted by Crippen LogP contribution is 2.21. The highest BCUT2D eigenvalue weighted by Gasteiger charge is 2.18. The van der Waals surface area contributed by atoms with Gasteiger partial charge < -0.3 is 15.4 Å². The van der Waals surface area contributed by atoms with Crippen molar-refractivity contribution in [2.24, 2.45) is 0 Å². The molecule has 2 atom stereocenters. The zero-order valence-corrected chi connectivity index (χ0v) is 10.7. The van der Waals surface area contributed by atoms with Crippen LogP contribution in [0.5, 0.6) is 0 Å². The summed E-state index contributed by atoms with van der Waals surface area (Å²) in [5.74, 6) is 0. The van der Waals surface area contributed by atoms with Gasteiger partial charge in [-0.3, -0.25) is 0 Å². The standard InChI is InChI=1S/C14H22N2O/c1-11(17-2)9-15-10-14-13-6-4-3-5-12(13)7-8-16-14/h3-6,11,14-16H,7-10H2,1-2H3. The van der Waals surface area contributed by atoms with Gasteiger partial charge in [0.2, 0.25) is 0 Å². The van der Waals surface area contributed by atoms with E-state index >= 15 is 0 Å². The molecule has 0 aliphatic carbocycles. The predicted octanol–water partition coefficient (Wildman–Crippen LogP) is 1.50. The second-order valence-corrected chi connectivity index (χ2v) is 4.66. The van der Waals surface area contributed by atoms with Crippen molar-refractivity contribution in [2.45, 2.75) is 25.5 Å². The molecule has 0 amide bonds. The van der Waals surface area contributed by atoms with E-state index in [1.54, 1.807) is 7.11 Å². The fourth-order valence-corrected chi connectivity index (χ4v) is 2.29. The van der Waals surface area contributed by atoms with Crippen molar-refractivity contribution in [1.82, 2.24) is 10.6 Å². The van der Waals surface area contributed by atoms with Crippen molar-refractivity contribution in [3.05, 3.63) is 35.4 Å². The van der Waals surface area contributed by atoms with Crippen LogP contribution in [0.3, 0.4) is 0 Å². The summed E-state index contributed by atoms with van der Waals surface area (Å²) in [4.78, 5) is 0. The largest absolute Gasteiger partial charge is 0.380 e. The van der Waals surface area contributed by atoms with E-state index < -0.39 is 0 Å². The average Bonchev–Trinajstić information content (AvgIpc) is 2.39. The van der Waals surface area contributed by atoms with Crippen LogP contribution in [0.2, 0.25) is 0 Å². The molecule has 2 N–H and O–H groups in total. The SMILES string of the molecule is COC(C)CNCC1NCCc2ccccc21. The monoisotopic (exact) mass is 234 g/mol. The maximum Gasteiger partial charge on any atom is 0.0667 e. The molecule has 0 fully saturated rings. The van der Waals surface area contributed by atoms with E-state index in [1.807, 2.05) is 0 Å². The highest BCUT2D eigenvalue weighted by atomic mass is 16.5. The van der Waals surface area contributed by atoms with Crippen LogP contribution in [0.1, 0.15) is 24.1 Å². The molecule has 3 nitrogen and oxygen atoms in total. The van der Waals surface area contributed by atoms with E-state index in [0.717, 1.165) is 26.1 Å². The van der Waals surface area contributed by atoms with Crippen LogP contribution in [-0.4, -0.2) is 32.8 Å². The summed E-state index contributed by atoms with van der Waals surface area (Å²) < 4.78 is 5.23. The lowest BCUT2D eigenvalue weighted by atomic mass is 9.94. The summed E-state index contributed by atoms with van der Waals surface area (Å²) in [6.45, 7) is 5.01. The molecule has 0 radical (unpaired) electrons. The first-order chi connectivity index (χ1) is 8.31. The van der Waals surface area contributed by atoms with Crippen LogP contribution in [-0.2, 0) is 11.2 Å². The Bertz CT molecular complexity index is 354. The summed E-state index contributed by atoms with van der Waals surface area (Å²) in [6.07, 6.45) is 1.41. The molecule has 2 unspecified atom stereocenters. The molecule has 1 aliphatic heterocycles. The fourth-order valence-electron chi connectivity index (χ4n) is 2.29. The van der Waals surface area contributed by atoms with Crippen LogP contribution in [0, 0.1) is 0 Å². The second kappa shape index (κ2) is 6.15. The van der Waals surface area contributed by atoms with Gasteiger partial charge in [-0.15, -0.1) is 0 Å². The maximum absolute atomic E-state index is 5.23. The number of methoxy groups -OCH3 is 1. The lowest BCUT2D eigenvalue weighted by Crippen LogP contribution is -2.38. The lowest BCUT2D eigenvalue weighted by molar-refractivity contribution is 0.116. The number of hydrogen-bond donors (Lipinski definition) is 2. The van der Waals surface area contributed by atoms with E-state index in [1.165, 1.54) is 11.1 Å². The first-order valence-corrected chi connectivity index (χ1v) is 6.36. The van der Waals surface area contributed by atoms with Crippen LogP contribution < -0.4 is 10.6 Å². The second-order valence-electron chi connectivity index (χ2n) is 4.66. The smallest absolute Gasteiger partial charge is 0.0667 e. The third kappa shape index (κ3) is 3.28. The Morgan fingerprint density at radius 2 is 2.29 bits per heavy atom.